The van der Waals surface area contributed by atoms with Gasteiger partial charge in [0.05, 0.1) is 10.5 Å². The van der Waals surface area contributed by atoms with Crippen molar-refractivity contribution in [2.24, 2.45) is 5.73 Å². The Morgan fingerprint density at radius 2 is 1.89 bits per heavy atom. The van der Waals surface area contributed by atoms with Crippen LogP contribution >= 0.6 is 0 Å². The molecule has 1 aliphatic carbocycles. The number of nitrogens with two attached hydrogens (primary N) is 1. The number of piperazine rings is 1. The summed E-state index contributed by atoms with van der Waals surface area (Å²) in [5.74, 6) is -0.415. The standard InChI is InChI=1S/C20H27N5O3/c1-23-11-13-24(14-12-23)10-9-15-5-7-16(8-6-15)22-20(26)17-3-2-4-18(19(17)21)25(27)28/h3,5-8H,2,4,9-14,21H2,1H3,(H,22,26). The first kappa shape index (κ1) is 20.0. The lowest BCUT2D eigenvalue weighted by Gasteiger charge is -2.32. The summed E-state index contributed by atoms with van der Waals surface area (Å²) in [7, 11) is 2.15. The topological polar surface area (TPSA) is 105 Å². The van der Waals surface area contributed by atoms with E-state index in [1.807, 2.05) is 24.3 Å². The molecule has 0 spiro atoms. The molecule has 0 saturated carbocycles. The third-order valence-corrected chi connectivity index (χ3v) is 5.32. The molecule has 28 heavy (non-hydrogen) atoms. The zero-order chi connectivity index (χ0) is 20.1. The van der Waals surface area contributed by atoms with Crippen LogP contribution in [0.5, 0.6) is 0 Å². The van der Waals surface area contributed by atoms with Crippen LogP contribution in [0.3, 0.4) is 0 Å². The average molecular weight is 385 g/mol. The summed E-state index contributed by atoms with van der Waals surface area (Å²) in [4.78, 5) is 27.8. The molecule has 1 amide bonds. The maximum Gasteiger partial charge on any atom is 0.270 e. The van der Waals surface area contributed by atoms with E-state index in [9.17, 15) is 14.9 Å². The Morgan fingerprint density at radius 1 is 1.21 bits per heavy atom. The highest BCUT2D eigenvalue weighted by atomic mass is 16.6. The normalized spacial score (nSPS) is 18.7. The monoisotopic (exact) mass is 385 g/mol. The Kier molecular flexibility index (Phi) is 6.43. The van der Waals surface area contributed by atoms with Gasteiger partial charge < -0.3 is 20.9 Å². The van der Waals surface area contributed by atoms with E-state index in [-0.39, 0.29) is 23.4 Å². The Morgan fingerprint density at radius 3 is 2.54 bits per heavy atom. The lowest BCUT2D eigenvalue weighted by molar-refractivity contribution is -0.429. The number of benzene rings is 1. The minimum absolute atomic E-state index is 0.0439. The molecule has 3 rings (SSSR count). The van der Waals surface area contributed by atoms with Crippen molar-refractivity contribution in [1.29, 1.82) is 0 Å². The van der Waals surface area contributed by atoms with Crippen molar-refractivity contribution in [2.75, 3.05) is 45.1 Å². The molecule has 0 atom stereocenters. The van der Waals surface area contributed by atoms with Gasteiger partial charge in [-0.05, 0) is 37.6 Å². The average Bonchev–Trinajstić information content (AvgIpc) is 2.68. The van der Waals surface area contributed by atoms with Gasteiger partial charge in [-0.25, -0.2) is 0 Å². The van der Waals surface area contributed by atoms with Crippen LogP contribution in [0.15, 0.2) is 47.3 Å². The molecular formula is C20H27N5O3. The largest absolute Gasteiger partial charge is 0.393 e. The third-order valence-electron chi connectivity index (χ3n) is 5.32. The molecular weight excluding hydrogens is 358 g/mol. The van der Waals surface area contributed by atoms with Crippen LogP contribution in [0.2, 0.25) is 0 Å². The molecule has 3 N–H and O–H groups in total. The fourth-order valence-corrected chi connectivity index (χ4v) is 3.47. The molecule has 0 unspecified atom stereocenters. The molecule has 0 aromatic heterocycles. The maximum atomic E-state index is 12.5. The summed E-state index contributed by atoms with van der Waals surface area (Å²) in [6, 6.07) is 7.72. The summed E-state index contributed by atoms with van der Waals surface area (Å²) in [5.41, 5.74) is 7.73. The van der Waals surface area contributed by atoms with Crippen molar-refractivity contribution in [3.8, 4) is 0 Å². The van der Waals surface area contributed by atoms with E-state index in [1.165, 1.54) is 5.56 Å². The summed E-state index contributed by atoms with van der Waals surface area (Å²) in [5, 5.41) is 13.8. The van der Waals surface area contributed by atoms with Crippen LogP contribution in [-0.4, -0.2) is 60.4 Å². The molecule has 1 aliphatic heterocycles. The van der Waals surface area contributed by atoms with Crippen LogP contribution in [0.4, 0.5) is 5.69 Å². The molecule has 0 radical (unpaired) electrons. The molecule has 1 saturated heterocycles. The first-order chi connectivity index (χ1) is 13.4. The molecule has 150 valence electrons. The van der Waals surface area contributed by atoms with E-state index in [1.54, 1.807) is 6.08 Å². The first-order valence-electron chi connectivity index (χ1n) is 9.59. The molecule has 1 fully saturated rings. The Labute approximate surface area is 164 Å². The quantitative estimate of drug-likeness (QED) is 0.569. The fourth-order valence-electron chi connectivity index (χ4n) is 3.47. The van der Waals surface area contributed by atoms with Crippen LogP contribution in [0.25, 0.3) is 0 Å². The number of amides is 1. The van der Waals surface area contributed by atoms with Crippen molar-refractivity contribution >= 4 is 11.6 Å². The molecule has 1 aromatic carbocycles. The van der Waals surface area contributed by atoms with Gasteiger partial charge in [0.25, 0.3) is 11.6 Å². The molecule has 8 heteroatoms. The molecule has 8 nitrogen and oxygen atoms in total. The van der Waals surface area contributed by atoms with Gasteiger partial charge in [-0.15, -0.1) is 0 Å². The number of likely N-dealkylation sites (N-methyl/N-ethyl adjacent to an activating group) is 1. The summed E-state index contributed by atoms with van der Waals surface area (Å²) >= 11 is 0. The number of rotatable bonds is 6. The van der Waals surface area contributed by atoms with E-state index in [0.29, 0.717) is 12.1 Å². The van der Waals surface area contributed by atoms with Crippen LogP contribution in [0, 0.1) is 10.1 Å². The highest BCUT2D eigenvalue weighted by Crippen LogP contribution is 2.23. The van der Waals surface area contributed by atoms with Gasteiger partial charge in [0, 0.05) is 44.8 Å². The molecule has 1 aromatic rings. The highest BCUT2D eigenvalue weighted by molar-refractivity contribution is 6.06. The lowest BCUT2D eigenvalue weighted by atomic mass is 10.00. The van der Waals surface area contributed by atoms with Gasteiger partial charge in [0.2, 0.25) is 0 Å². The smallest absolute Gasteiger partial charge is 0.270 e. The Bertz CT molecular complexity index is 793. The summed E-state index contributed by atoms with van der Waals surface area (Å²) in [6.07, 6.45) is 3.30. The van der Waals surface area contributed by atoms with Crippen molar-refractivity contribution < 1.29 is 9.72 Å². The van der Waals surface area contributed by atoms with Crippen molar-refractivity contribution in [3.05, 3.63) is 63.0 Å². The number of anilines is 1. The second kappa shape index (κ2) is 8.99. The number of nitro groups is 1. The SMILES string of the molecule is CN1CCN(CCc2ccc(NC(=O)C3=CCCC([N+](=O)[O-])=C3N)cc2)CC1. The lowest BCUT2D eigenvalue weighted by Crippen LogP contribution is -2.45. The van der Waals surface area contributed by atoms with Gasteiger partial charge >= 0.3 is 0 Å². The number of nitrogens with zero attached hydrogens (tertiary/aromatic N) is 3. The van der Waals surface area contributed by atoms with Crippen molar-refractivity contribution in [3.63, 3.8) is 0 Å². The number of carbonyl (C=O) groups excluding carboxylic acids is 1. The van der Waals surface area contributed by atoms with Crippen molar-refractivity contribution in [1.82, 2.24) is 9.80 Å². The number of carbonyl (C=O) groups is 1. The first-order valence-corrected chi connectivity index (χ1v) is 9.59. The van der Waals surface area contributed by atoms with Crippen molar-refractivity contribution in [2.45, 2.75) is 19.3 Å². The minimum Gasteiger partial charge on any atom is -0.393 e. The van der Waals surface area contributed by atoms with Gasteiger partial charge in [-0.3, -0.25) is 14.9 Å². The van der Waals surface area contributed by atoms with Crippen LogP contribution < -0.4 is 11.1 Å². The van der Waals surface area contributed by atoms with E-state index < -0.39 is 10.8 Å². The molecule has 2 aliphatic rings. The minimum atomic E-state index is -0.509. The van der Waals surface area contributed by atoms with E-state index in [2.05, 4.69) is 22.2 Å². The zero-order valence-electron chi connectivity index (χ0n) is 16.2. The highest BCUT2D eigenvalue weighted by Gasteiger charge is 2.26. The second-order valence-corrected chi connectivity index (χ2v) is 7.32. The van der Waals surface area contributed by atoms with Gasteiger partial charge in [0.1, 0.15) is 5.70 Å². The maximum absolute atomic E-state index is 12.5. The van der Waals surface area contributed by atoms with Crippen LogP contribution in [-0.2, 0) is 11.2 Å². The predicted molar refractivity (Wildman–Crippen MR) is 108 cm³/mol. The number of allylic oxidation sites excluding steroid dienone is 2. The van der Waals surface area contributed by atoms with E-state index >= 15 is 0 Å². The van der Waals surface area contributed by atoms with E-state index in [0.717, 1.165) is 39.1 Å². The number of hydrogen-bond acceptors (Lipinski definition) is 6. The third kappa shape index (κ3) is 4.96. The van der Waals surface area contributed by atoms with Gasteiger partial charge in [0.15, 0.2) is 0 Å². The van der Waals surface area contributed by atoms with Crippen LogP contribution in [0.1, 0.15) is 18.4 Å². The molecule has 1 heterocycles. The Hall–Kier alpha value is -2.71. The summed E-state index contributed by atoms with van der Waals surface area (Å²) < 4.78 is 0. The number of hydrogen-bond donors (Lipinski definition) is 2. The summed E-state index contributed by atoms with van der Waals surface area (Å²) in [6.45, 7) is 5.44. The number of nitrogens with one attached hydrogen (secondary N) is 1. The zero-order valence-corrected chi connectivity index (χ0v) is 16.2. The second-order valence-electron chi connectivity index (χ2n) is 7.32. The van der Waals surface area contributed by atoms with E-state index in [4.69, 9.17) is 5.73 Å². The predicted octanol–water partition coefficient (Wildman–Crippen LogP) is 1.58. The van der Waals surface area contributed by atoms with Gasteiger partial charge in [-0.2, -0.15) is 0 Å². The fraction of sp³-hybridized carbons (Fsp3) is 0.450. The van der Waals surface area contributed by atoms with Gasteiger partial charge in [-0.1, -0.05) is 18.2 Å². The molecule has 0 bridgehead atoms. The Balaban J connectivity index is 1.55.